The quantitative estimate of drug-likeness (QED) is 0.223. The molecule has 0 bridgehead atoms. The minimum Gasteiger partial charge on any atom is -0.484 e. The standard InChI is InChI=1S/C27H30N4O6/c1-17(2)13-23(29-26(32)16-36-24-8-6-5-7-19(24)4)27(33)30-28-15-21-11-12-25(37-21)22-14-20(31(34)35)10-9-18(22)3/h5-12,14-15,17,23H,13,16H2,1-4H3,(H,29,32)(H,30,33)/b28-15-/t23-/m0/s1. The van der Waals surface area contributed by atoms with Crippen LogP contribution in [-0.4, -0.2) is 35.6 Å². The van der Waals surface area contributed by atoms with E-state index in [1.165, 1.54) is 18.3 Å². The number of nitro benzene ring substituents is 1. The number of nitrogens with zero attached hydrogens (tertiary/aromatic N) is 2. The molecule has 0 fully saturated rings. The molecule has 0 radical (unpaired) electrons. The Morgan fingerprint density at radius 2 is 1.86 bits per heavy atom. The molecule has 0 aliphatic carbocycles. The summed E-state index contributed by atoms with van der Waals surface area (Å²) in [5, 5.41) is 17.7. The molecule has 37 heavy (non-hydrogen) atoms. The number of rotatable bonds is 11. The maximum absolute atomic E-state index is 12.7. The average molecular weight is 507 g/mol. The second kappa shape index (κ2) is 12.5. The van der Waals surface area contributed by atoms with Crippen LogP contribution in [0.1, 0.15) is 37.2 Å². The summed E-state index contributed by atoms with van der Waals surface area (Å²) >= 11 is 0. The van der Waals surface area contributed by atoms with E-state index in [1.54, 1.807) is 24.3 Å². The van der Waals surface area contributed by atoms with Crippen LogP contribution < -0.4 is 15.5 Å². The third-order valence-electron chi connectivity index (χ3n) is 5.50. The van der Waals surface area contributed by atoms with Crippen molar-refractivity contribution < 1.29 is 23.7 Å². The largest absolute Gasteiger partial charge is 0.484 e. The Morgan fingerprint density at radius 3 is 2.57 bits per heavy atom. The summed E-state index contributed by atoms with van der Waals surface area (Å²) < 4.78 is 11.3. The topological polar surface area (TPSA) is 136 Å². The first-order valence-electron chi connectivity index (χ1n) is 11.8. The van der Waals surface area contributed by atoms with Gasteiger partial charge >= 0.3 is 0 Å². The van der Waals surface area contributed by atoms with Gasteiger partial charge in [-0.25, -0.2) is 5.43 Å². The van der Waals surface area contributed by atoms with Crippen LogP contribution in [0.15, 0.2) is 64.1 Å². The molecular formula is C27H30N4O6. The van der Waals surface area contributed by atoms with Gasteiger partial charge in [-0.3, -0.25) is 19.7 Å². The molecular weight excluding hydrogens is 476 g/mol. The van der Waals surface area contributed by atoms with Gasteiger partial charge in [0.1, 0.15) is 23.3 Å². The minimum absolute atomic E-state index is 0.0398. The lowest BCUT2D eigenvalue weighted by Crippen LogP contribution is -2.47. The second-order valence-electron chi connectivity index (χ2n) is 9.00. The lowest BCUT2D eigenvalue weighted by atomic mass is 10.0. The predicted molar refractivity (Wildman–Crippen MR) is 139 cm³/mol. The van der Waals surface area contributed by atoms with E-state index >= 15 is 0 Å². The van der Waals surface area contributed by atoms with E-state index in [1.807, 2.05) is 45.9 Å². The molecule has 194 valence electrons. The van der Waals surface area contributed by atoms with Gasteiger partial charge in [0, 0.05) is 17.7 Å². The number of benzene rings is 2. The van der Waals surface area contributed by atoms with Crippen molar-refractivity contribution in [1.82, 2.24) is 10.7 Å². The first-order chi connectivity index (χ1) is 17.6. The summed E-state index contributed by atoms with van der Waals surface area (Å²) in [7, 11) is 0. The first kappa shape index (κ1) is 27.1. The fraction of sp³-hybridized carbons (Fsp3) is 0.296. The highest BCUT2D eigenvalue weighted by molar-refractivity contribution is 5.89. The van der Waals surface area contributed by atoms with Crippen molar-refractivity contribution in [2.45, 2.75) is 40.2 Å². The Morgan fingerprint density at radius 1 is 1.11 bits per heavy atom. The van der Waals surface area contributed by atoms with Crippen LogP contribution in [0.4, 0.5) is 5.69 Å². The Bertz CT molecular complexity index is 1300. The van der Waals surface area contributed by atoms with Crippen molar-refractivity contribution in [3.8, 4) is 17.1 Å². The highest BCUT2D eigenvalue weighted by atomic mass is 16.6. The summed E-state index contributed by atoms with van der Waals surface area (Å²) in [5.41, 5.74) is 4.70. The molecule has 1 heterocycles. The van der Waals surface area contributed by atoms with E-state index < -0.39 is 22.8 Å². The Kier molecular flexibility index (Phi) is 9.15. The lowest BCUT2D eigenvalue weighted by Gasteiger charge is -2.19. The van der Waals surface area contributed by atoms with E-state index in [4.69, 9.17) is 9.15 Å². The zero-order chi connectivity index (χ0) is 26.9. The number of aryl methyl sites for hydroxylation is 2. The van der Waals surface area contributed by atoms with Crippen molar-refractivity contribution in [2.75, 3.05) is 6.61 Å². The number of nitrogens with one attached hydrogen (secondary N) is 2. The summed E-state index contributed by atoms with van der Waals surface area (Å²) in [6, 6.07) is 14.4. The molecule has 10 nitrogen and oxygen atoms in total. The monoisotopic (exact) mass is 506 g/mol. The van der Waals surface area contributed by atoms with Crippen LogP contribution in [0.2, 0.25) is 0 Å². The van der Waals surface area contributed by atoms with Crippen molar-refractivity contribution in [1.29, 1.82) is 0 Å². The van der Waals surface area contributed by atoms with Crippen LogP contribution in [-0.2, 0) is 9.59 Å². The van der Waals surface area contributed by atoms with Gasteiger partial charge in [-0.05, 0) is 55.5 Å². The molecule has 2 N–H and O–H groups in total. The highest BCUT2D eigenvalue weighted by Gasteiger charge is 2.22. The number of amides is 2. The zero-order valence-electron chi connectivity index (χ0n) is 21.2. The van der Waals surface area contributed by atoms with Crippen molar-refractivity contribution in [2.24, 2.45) is 11.0 Å². The number of non-ortho nitro benzene ring substituents is 1. The van der Waals surface area contributed by atoms with Gasteiger partial charge in [0.2, 0.25) is 0 Å². The zero-order valence-corrected chi connectivity index (χ0v) is 21.2. The van der Waals surface area contributed by atoms with E-state index in [9.17, 15) is 19.7 Å². The normalized spacial score (nSPS) is 11.9. The fourth-order valence-corrected chi connectivity index (χ4v) is 3.59. The van der Waals surface area contributed by atoms with Crippen molar-refractivity contribution in [3.63, 3.8) is 0 Å². The molecule has 0 aliphatic rings. The third-order valence-corrected chi connectivity index (χ3v) is 5.50. The van der Waals surface area contributed by atoms with Crippen molar-refractivity contribution >= 4 is 23.7 Å². The average Bonchev–Trinajstić information content (AvgIpc) is 3.31. The predicted octanol–water partition coefficient (Wildman–Crippen LogP) is 4.53. The molecule has 1 aromatic heterocycles. The molecule has 3 rings (SSSR count). The SMILES string of the molecule is Cc1ccccc1OCC(=O)N[C@@H](CC(C)C)C(=O)N/N=C\c1ccc(-c2cc([N+](=O)[O-])ccc2C)o1. The maximum Gasteiger partial charge on any atom is 0.270 e. The molecule has 1 atom stereocenters. The number of hydrogen-bond donors (Lipinski definition) is 2. The highest BCUT2D eigenvalue weighted by Crippen LogP contribution is 2.28. The second-order valence-corrected chi connectivity index (χ2v) is 9.00. The molecule has 0 saturated carbocycles. The summed E-state index contributed by atoms with van der Waals surface area (Å²) in [4.78, 5) is 35.8. The van der Waals surface area contributed by atoms with Gasteiger partial charge in [-0.2, -0.15) is 5.10 Å². The van der Waals surface area contributed by atoms with E-state index in [2.05, 4.69) is 15.8 Å². The van der Waals surface area contributed by atoms with E-state index in [0.717, 1.165) is 11.1 Å². The number of para-hydroxylation sites is 1. The van der Waals surface area contributed by atoms with Crippen LogP contribution in [0.3, 0.4) is 0 Å². The number of carbonyl (C=O) groups is 2. The number of ether oxygens (including phenoxy) is 1. The van der Waals surface area contributed by atoms with Gasteiger partial charge in [0.15, 0.2) is 6.61 Å². The van der Waals surface area contributed by atoms with Gasteiger partial charge in [0.25, 0.3) is 17.5 Å². The van der Waals surface area contributed by atoms with Gasteiger partial charge in [-0.15, -0.1) is 0 Å². The number of nitro groups is 1. The third kappa shape index (κ3) is 7.76. The van der Waals surface area contributed by atoms with Gasteiger partial charge in [0.05, 0.1) is 11.1 Å². The maximum atomic E-state index is 12.7. The molecule has 2 aromatic carbocycles. The Hall–Kier alpha value is -4.47. The van der Waals surface area contributed by atoms with Crippen molar-refractivity contribution in [3.05, 3.63) is 81.6 Å². The number of furan rings is 1. The van der Waals surface area contributed by atoms with Crippen LogP contribution in [0.25, 0.3) is 11.3 Å². The molecule has 10 heteroatoms. The Labute approximate surface area is 214 Å². The van der Waals surface area contributed by atoms with Crippen LogP contribution in [0, 0.1) is 29.9 Å². The number of carbonyl (C=O) groups excluding carboxylic acids is 2. The fourth-order valence-electron chi connectivity index (χ4n) is 3.59. The van der Waals surface area contributed by atoms with Crippen LogP contribution in [0.5, 0.6) is 5.75 Å². The Balaban J connectivity index is 1.60. The van der Waals surface area contributed by atoms with E-state index in [0.29, 0.717) is 29.3 Å². The lowest BCUT2D eigenvalue weighted by molar-refractivity contribution is -0.384. The molecule has 0 spiro atoms. The first-order valence-corrected chi connectivity index (χ1v) is 11.8. The minimum atomic E-state index is -0.801. The molecule has 0 saturated heterocycles. The molecule has 3 aromatic rings. The van der Waals surface area contributed by atoms with E-state index in [-0.39, 0.29) is 18.2 Å². The summed E-state index contributed by atoms with van der Waals surface area (Å²) in [6.45, 7) is 7.37. The van der Waals surface area contributed by atoms with Crippen LogP contribution >= 0.6 is 0 Å². The molecule has 0 unspecified atom stereocenters. The molecule has 2 amide bonds. The van der Waals surface area contributed by atoms with Gasteiger partial charge in [-0.1, -0.05) is 38.1 Å². The summed E-state index contributed by atoms with van der Waals surface area (Å²) in [5.74, 6) is 0.629. The number of hydrogen-bond acceptors (Lipinski definition) is 7. The summed E-state index contributed by atoms with van der Waals surface area (Å²) in [6.07, 6.45) is 1.73. The molecule has 0 aliphatic heterocycles. The van der Waals surface area contributed by atoms with Gasteiger partial charge < -0.3 is 14.5 Å². The number of hydrazone groups is 1. The smallest absolute Gasteiger partial charge is 0.270 e.